The minimum Gasteiger partial charge on any atom is -0.294 e. The highest BCUT2D eigenvalue weighted by Gasteiger charge is 2.10. The van der Waals surface area contributed by atoms with Crippen molar-refractivity contribution < 1.29 is 9.59 Å². The van der Waals surface area contributed by atoms with Crippen LogP contribution in [0.5, 0.6) is 0 Å². The molecule has 6 nitrogen and oxygen atoms in total. The van der Waals surface area contributed by atoms with Gasteiger partial charge in [0, 0.05) is 26.1 Å². The molecule has 0 saturated heterocycles. The van der Waals surface area contributed by atoms with Gasteiger partial charge in [-0.15, -0.1) is 0 Å². The molecular weight excluding hydrogens is 292 g/mol. The van der Waals surface area contributed by atoms with Gasteiger partial charge >= 0.3 is 0 Å². The lowest BCUT2D eigenvalue weighted by atomic mass is 10.1. The number of carbonyl (C=O) groups is 2. The molecule has 0 radical (unpaired) electrons. The average Bonchev–Trinajstić information content (AvgIpc) is 2.57. The molecule has 0 aliphatic carbocycles. The predicted octanol–water partition coefficient (Wildman–Crippen LogP) is 2.76. The van der Waals surface area contributed by atoms with Gasteiger partial charge in [-0.1, -0.05) is 57.9 Å². The molecule has 2 amide bonds. The van der Waals surface area contributed by atoms with Crippen molar-refractivity contribution >= 4 is 11.8 Å². The minimum atomic E-state index is -0.336. The summed E-state index contributed by atoms with van der Waals surface area (Å²) in [5.41, 5.74) is 4.83. The summed E-state index contributed by atoms with van der Waals surface area (Å²) in [6.07, 6.45) is 15.3. The third-order valence-electron chi connectivity index (χ3n) is 3.72. The van der Waals surface area contributed by atoms with Crippen molar-refractivity contribution in [1.29, 1.82) is 0 Å². The van der Waals surface area contributed by atoms with Crippen molar-refractivity contribution in [3.8, 4) is 0 Å². The zero-order valence-corrected chi connectivity index (χ0v) is 14.8. The number of allylic oxidation sites excluding steroid dienone is 1. The number of nitrogens with two attached hydrogens (primary N) is 1. The Morgan fingerprint density at radius 1 is 1.00 bits per heavy atom. The van der Waals surface area contributed by atoms with Gasteiger partial charge in [0.15, 0.2) is 0 Å². The van der Waals surface area contributed by atoms with Crippen LogP contribution in [0.3, 0.4) is 0 Å². The van der Waals surface area contributed by atoms with Gasteiger partial charge in [0.05, 0.1) is 0 Å². The molecule has 0 unspecified atom stereocenters. The van der Waals surface area contributed by atoms with Gasteiger partial charge in [-0.25, -0.2) is 11.3 Å². The highest BCUT2D eigenvalue weighted by atomic mass is 16.2. The zero-order valence-electron chi connectivity index (χ0n) is 14.8. The van der Waals surface area contributed by atoms with E-state index in [0.29, 0.717) is 0 Å². The predicted molar refractivity (Wildman–Crippen MR) is 93.8 cm³/mol. The first-order valence-electron chi connectivity index (χ1n) is 8.81. The number of nitrogens with one attached hydrogen (secondary N) is 2. The lowest BCUT2D eigenvalue weighted by Gasteiger charge is -2.16. The van der Waals surface area contributed by atoms with E-state index in [9.17, 15) is 9.59 Å². The highest BCUT2D eigenvalue weighted by molar-refractivity contribution is 5.83. The van der Waals surface area contributed by atoms with E-state index in [0.717, 1.165) is 12.8 Å². The van der Waals surface area contributed by atoms with Crippen LogP contribution in [0.1, 0.15) is 77.6 Å². The van der Waals surface area contributed by atoms with Crippen molar-refractivity contribution in [2.75, 3.05) is 7.05 Å². The first-order chi connectivity index (χ1) is 11.2. The fourth-order valence-corrected chi connectivity index (χ4v) is 2.27. The third kappa shape index (κ3) is 12.8. The van der Waals surface area contributed by atoms with Crippen molar-refractivity contribution in [2.24, 2.45) is 5.84 Å². The van der Waals surface area contributed by atoms with Crippen molar-refractivity contribution in [3.63, 3.8) is 0 Å². The maximum Gasteiger partial charge on any atom is 0.241 e. The highest BCUT2D eigenvalue weighted by Crippen LogP contribution is 2.09. The van der Waals surface area contributed by atoms with Gasteiger partial charge in [-0.05, 0) is 12.8 Å². The summed E-state index contributed by atoms with van der Waals surface area (Å²) in [6.45, 7) is 2.23. The van der Waals surface area contributed by atoms with Gasteiger partial charge in [0.2, 0.25) is 11.8 Å². The molecule has 0 spiro atoms. The Morgan fingerprint density at radius 2 is 1.61 bits per heavy atom. The molecule has 0 rings (SSSR count). The van der Waals surface area contributed by atoms with Gasteiger partial charge in [-0.2, -0.15) is 0 Å². The van der Waals surface area contributed by atoms with Crippen LogP contribution in [-0.4, -0.2) is 23.9 Å². The van der Waals surface area contributed by atoms with E-state index in [1.807, 2.05) is 11.5 Å². The van der Waals surface area contributed by atoms with E-state index < -0.39 is 0 Å². The van der Waals surface area contributed by atoms with E-state index in [1.165, 1.54) is 50.0 Å². The number of nitrogens with zero attached hydrogens (tertiary/aromatic N) is 1. The van der Waals surface area contributed by atoms with Crippen LogP contribution in [-0.2, 0) is 9.59 Å². The number of amides is 2. The molecule has 4 N–H and O–H groups in total. The molecule has 134 valence electrons. The van der Waals surface area contributed by atoms with E-state index in [1.54, 1.807) is 13.2 Å². The van der Waals surface area contributed by atoms with E-state index in [4.69, 9.17) is 5.84 Å². The standard InChI is InChI=1S/C17H34N4O2/c1-3-4-5-6-7-8-9-10-11-12-15-21(19-2)17(23)14-13-16(22)20-18/h12,15,19H,3-11,13-14,18H2,1-2H3,(H,20,22). The molecule has 0 aromatic carbocycles. The SMILES string of the molecule is CCCCCCCCCCC=CN(NC)C(=O)CCC(=O)NN. The molecule has 0 atom stereocenters. The summed E-state index contributed by atoms with van der Waals surface area (Å²) in [4.78, 5) is 22.9. The largest absolute Gasteiger partial charge is 0.294 e. The molecule has 0 bridgehead atoms. The van der Waals surface area contributed by atoms with Crippen LogP contribution < -0.4 is 16.7 Å². The Kier molecular flexibility index (Phi) is 14.6. The van der Waals surface area contributed by atoms with Crippen LogP contribution in [0.2, 0.25) is 0 Å². The molecule has 0 aliphatic rings. The summed E-state index contributed by atoms with van der Waals surface area (Å²) < 4.78 is 0. The molecule has 0 heterocycles. The topological polar surface area (TPSA) is 87.5 Å². The number of hydrogen-bond acceptors (Lipinski definition) is 4. The second-order valence-corrected chi connectivity index (χ2v) is 5.70. The Bertz CT molecular complexity index is 345. The third-order valence-corrected chi connectivity index (χ3v) is 3.72. The average molecular weight is 326 g/mol. The number of carbonyl (C=O) groups excluding carboxylic acids is 2. The Balaban J connectivity index is 3.72. The second kappa shape index (κ2) is 15.5. The van der Waals surface area contributed by atoms with E-state index >= 15 is 0 Å². The monoisotopic (exact) mass is 326 g/mol. The molecular formula is C17H34N4O2. The summed E-state index contributed by atoms with van der Waals surface area (Å²) in [7, 11) is 1.68. The number of unbranched alkanes of at least 4 members (excludes halogenated alkanes) is 8. The van der Waals surface area contributed by atoms with Crippen LogP contribution in [0, 0.1) is 0 Å². The van der Waals surface area contributed by atoms with Crippen molar-refractivity contribution in [1.82, 2.24) is 15.9 Å². The van der Waals surface area contributed by atoms with Gasteiger partial charge in [-0.3, -0.25) is 20.0 Å². The van der Waals surface area contributed by atoms with Crippen LogP contribution in [0.25, 0.3) is 0 Å². The van der Waals surface area contributed by atoms with Crippen LogP contribution in [0.4, 0.5) is 0 Å². The number of hydrazine groups is 2. The fraction of sp³-hybridized carbons (Fsp3) is 0.765. The first-order valence-corrected chi connectivity index (χ1v) is 8.81. The quantitative estimate of drug-likeness (QED) is 0.198. The van der Waals surface area contributed by atoms with Crippen LogP contribution >= 0.6 is 0 Å². The maximum atomic E-state index is 11.9. The molecule has 0 saturated carbocycles. The van der Waals surface area contributed by atoms with E-state index in [2.05, 4.69) is 12.3 Å². The van der Waals surface area contributed by atoms with Gasteiger partial charge in [0.1, 0.15) is 0 Å². The van der Waals surface area contributed by atoms with Gasteiger partial charge < -0.3 is 0 Å². The summed E-state index contributed by atoms with van der Waals surface area (Å²) in [5, 5.41) is 1.41. The number of hydrogen-bond donors (Lipinski definition) is 3. The summed E-state index contributed by atoms with van der Waals surface area (Å²) in [5.74, 6) is 4.50. The molecule has 0 aromatic heterocycles. The molecule has 0 aliphatic heterocycles. The molecule has 6 heteroatoms. The summed E-state index contributed by atoms with van der Waals surface area (Å²) >= 11 is 0. The molecule has 0 aromatic rings. The maximum absolute atomic E-state index is 11.9. The van der Waals surface area contributed by atoms with Crippen LogP contribution in [0.15, 0.2) is 12.3 Å². The van der Waals surface area contributed by atoms with Crippen molar-refractivity contribution in [2.45, 2.75) is 77.6 Å². The second-order valence-electron chi connectivity index (χ2n) is 5.70. The first kappa shape index (κ1) is 21.6. The smallest absolute Gasteiger partial charge is 0.241 e. The molecule has 0 fully saturated rings. The van der Waals surface area contributed by atoms with Crippen molar-refractivity contribution in [3.05, 3.63) is 12.3 Å². The zero-order chi connectivity index (χ0) is 17.3. The van der Waals surface area contributed by atoms with Gasteiger partial charge in [0.25, 0.3) is 0 Å². The summed E-state index contributed by atoms with van der Waals surface area (Å²) in [6, 6.07) is 0. The minimum absolute atomic E-state index is 0.0966. The van der Waals surface area contributed by atoms with E-state index in [-0.39, 0.29) is 24.7 Å². The Morgan fingerprint density at radius 3 is 2.17 bits per heavy atom. The Labute approximate surface area is 140 Å². The Hall–Kier alpha value is -1.40. The molecule has 23 heavy (non-hydrogen) atoms. The normalized spacial score (nSPS) is 10.9. The fourth-order valence-electron chi connectivity index (χ4n) is 2.27. The number of rotatable bonds is 14. The lowest BCUT2D eigenvalue weighted by molar-refractivity contribution is -0.133. The lowest BCUT2D eigenvalue weighted by Crippen LogP contribution is -2.37.